The number of halogens is 2. The van der Waals surface area contributed by atoms with Crippen molar-refractivity contribution in [1.82, 2.24) is 0 Å². The van der Waals surface area contributed by atoms with Crippen LogP contribution in [0.1, 0.15) is 59.6 Å². The second kappa shape index (κ2) is 9.73. The van der Waals surface area contributed by atoms with E-state index in [0.29, 0.717) is 39.8 Å². The number of benzene rings is 1. The van der Waals surface area contributed by atoms with Gasteiger partial charge in [-0.1, -0.05) is 31.5 Å². The molecule has 0 amide bonds. The molecule has 1 aromatic rings. The first-order valence-corrected chi connectivity index (χ1v) is 10.6. The highest BCUT2D eigenvalue weighted by molar-refractivity contribution is 6.34. The third kappa shape index (κ3) is 5.79. The molecule has 0 bridgehead atoms. The van der Waals surface area contributed by atoms with E-state index >= 15 is 4.39 Å². The second-order valence-corrected chi connectivity index (χ2v) is 8.75. The van der Waals surface area contributed by atoms with E-state index in [2.05, 4.69) is 19.9 Å². The lowest BCUT2D eigenvalue weighted by Crippen LogP contribution is -2.30. The smallest absolute Gasteiger partial charge is 0.328 e. The van der Waals surface area contributed by atoms with Gasteiger partial charge in [0, 0.05) is 17.2 Å². The zero-order valence-electron chi connectivity index (χ0n) is 19.1. The van der Waals surface area contributed by atoms with Crippen LogP contribution in [0.25, 0.3) is 11.1 Å². The molecule has 0 unspecified atom stereocenters. The highest BCUT2D eigenvalue weighted by Crippen LogP contribution is 2.50. The Kier molecular flexibility index (Phi) is 7.77. The van der Waals surface area contributed by atoms with E-state index < -0.39 is 17.4 Å². The molecule has 0 aromatic heterocycles. The van der Waals surface area contributed by atoms with Crippen LogP contribution in [0.3, 0.4) is 0 Å². The van der Waals surface area contributed by atoms with Gasteiger partial charge in [-0.15, -0.1) is 0 Å². The van der Waals surface area contributed by atoms with Crippen molar-refractivity contribution in [2.24, 2.45) is 5.92 Å². The van der Waals surface area contributed by atoms with Gasteiger partial charge >= 0.3 is 5.97 Å². The summed E-state index contributed by atoms with van der Waals surface area (Å²) in [6.45, 7) is 13.5. The van der Waals surface area contributed by atoms with Gasteiger partial charge in [0.1, 0.15) is 22.2 Å². The van der Waals surface area contributed by atoms with Crippen molar-refractivity contribution in [1.29, 1.82) is 0 Å². The SMILES string of the molecule is CCOc1c(C(C)=C(F)C=CC(C)=CC(=O)O)cc2c(c1Cl)OC(C)(C)C=C2C(C)C. The number of carbonyl (C=O) groups is 1. The molecule has 0 atom stereocenters. The molecule has 31 heavy (non-hydrogen) atoms. The lowest BCUT2D eigenvalue weighted by atomic mass is 9.86. The van der Waals surface area contributed by atoms with Crippen LogP contribution in [-0.4, -0.2) is 23.3 Å². The fourth-order valence-corrected chi connectivity index (χ4v) is 3.71. The minimum absolute atomic E-state index is 0.210. The van der Waals surface area contributed by atoms with Gasteiger partial charge in [0.15, 0.2) is 5.75 Å². The molecule has 0 spiro atoms. The van der Waals surface area contributed by atoms with Crippen LogP contribution in [0.15, 0.2) is 41.8 Å². The fourth-order valence-electron chi connectivity index (χ4n) is 3.42. The summed E-state index contributed by atoms with van der Waals surface area (Å²) in [6, 6.07) is 1.86. The molecular formula is C25H30ClFO4. The molecule has 4 nitrogen and oxygen atoms in total. The van der Waals surface area contributed by atoms with Gasteiger partial charge < -0.3 is 14.6 Å². The number of hydrogen-bond acceptors (Lipinski definition) is 3. The third-order valence-corrected chi connectivity index (χ3v) is 5.22. The molecule has 0 saturated heterocycles. The molecule has 168 valence electrons. The molecule has 0 fully saturated rings. The first kappa shape index (κ1) is 24.7. The van der Waals surface area contributed by atoms with E-state index in [1.807, 2.05) is 26.8 Å². The second-order valence-electron chi connectivity index (χ2n) is 8.37. The van der Waals surface area contributed by atoms with Crippen molar-refractivity contribution in [2.45, 2.75) is 54.1 Å². The number of carboxylic acid groups (broad SMARTS) is 1. The largest absolute Gasteiger partial charge is 0.492 e. The predicted molar refractivity (Wildman–Crippen MR) is 124 cm³/mol. The molecule has 1 heterocycles. The molecule has 2 rings (SSSR count). The summed E-state index contributed by atoms with van der Waals surface area (Å²) in [5.74, 6) is -0.486. The topological polar surface area (TPSA) is 55.8 Å². The third-order valence-electron chi connectivity index (χ3n) is 4.87. The van der Waals surface area contributed by atoms with E-state index in [4.69, 9.17) is 26.2 Å². The number of rotatable bonds is 7. The Morgan fingerprint density at radius 1 is 1.32 bits per heavy atom. The van der Waals surface area contributed by atoms with Crippen molar-refractivity contribution in [2.75, 3.05) is 6.61 Å². The van der Waals surface area contributed by atoms with Crippen molar-refractivity contribution in [3.63, 3.8) is 0 Å². The minimum Gasteiger partial charge on any atom is -0.492 e. The Balaban J connectivity index is 2.70. The molecular weight excluding hydrogens is 419 g/mol. The number of ether oxygens (including phenoxy) is 2. The van der Waals surface area contributed by atoms with Gasteiger partial charge in [-0.25, -0.2) is 9.18 Å². The molecule has 1 N–H and O–H groups in total. The Hall–Kier alpha value is -2.53. The lowest BCUT2D eigenvalue weighted by molar-refractivity contribution is -0.131. The Labute approximate surface area is 188 Å². The first-order valence-electron chi connectivity index (χ1n) is 10.2. The van der Waals surface area contributed by atoms with Crippen molar-refractivity contribution in [3.8, 4) is 11.5 Å². The number of fused-ring (bicyclic) bond motifs is 1. The average Bonchev–Trinajstić information content (AvgIpc) is 2.66. The Bertz CT molecular complexity index is 997. The lowest BCUT2D eigenvalue weighted by Gasteiger charge is -2.34. The standard InChI is InChI=1S/C25H30ClFO4/c1-8-30-23-17(16(5)20(27)10-9-15(4)11-21(28)29)12-18-19(14(2)3)13-25(6,7)31-24(18)22(23)26/h9-14H,8H2,1-7H3,(H,28,29). The number of allylic oxidation sites excluding steroid dienone is 6. The fraction of sp³-hybridized carbons (Fsp3) is 0.400. The van der Waals surface area contributed by atoms with Crippen LogP contribution in [0.4, 0.5) is 4.39 Å². The zero-order valence-corrected chi connectivity index (χ0v) is 19.9. The normalized spacial score (nSPS) is 16.6. The highest BCUT2D eigenvalue weighted by Gasteiger charge is 2.32. The van der Waals surface area contributed by atoms with Crippen LogP contribution in [-0.2, 0) is 4.79 Å². The monoisotopic (exact) mass is 448 g/mol. The van der Waals surface area contributed by atoms with Crippen molar-refractivity contribution >= 4 is 28.7 Å². The van der Waals surface area contributed by atoms with Gasteiger partial charge in [0.05, 0.1) is 6.61 Å². The van der Waals surface area contributed by atoms with E-state index in [-0.39, 0.29) is 5.92 Å². The summed E-state index contributed by atoms with van der Waals surface area (Å²) in [7, 11) is 0. The molecule has 6 heteroatoms. The maximum absolute atomic E-state index is 15.0. The number of carboxylic acids is 1. The van der Waals surface area contributed by atoms with Gasteiger partial charge in [0.25, 0.3) is 0 Å². The van der Waals surface area contributed by atoms with Crippen LogP contribution in [0.5, 0.6) is 11.5 Å². The maximum Gasteiger partial charge on any atom is 0.328 e. The molecule has 1 aliphatic heterocycles. The zero-order chi connectivity index (χ0) is 23.5. The summed E-state index contributed by atoms with van der Waals surface area (Å²) in [4.78, 5) is 10.8. The van der Waals surface area contributed by atoms with E-state index in [9.17, 15) is 4.79 Å². The van der Waals surface area contributed by atoms with E-state index in [0.717, 1.165) is 17.2 Å². The summed E-state index contributed by atoms with van der Waals surface area (Å²) in [6.07, 6.45) is 5.74. The first-order chi connectivity index (χ1) is 14.4. The summed E-state index contributed by atoms with van der Waals surface area (Å²) in [5, 5.41) is 9.13. The van der Waals surface area contributed by atoms with Crippen LogP contribution in [0.2, 0.25) is 5.02 Å². The molecule has 1 aliphatic rings. The summed E-state index contributed by atoms with van der Waals surface area (Å²) in [5.41, 5.74) is 2.64. The van der Waals surface area contributed by atoms with Gasteiger partial charge in [-0.05, 0) is 75.5 Å². The molecule has 1 aromatic carbocycles. The minimum atomic E-state index is -1.08. The Morgan fingerprint density at radius 2 is 1.97 bits per heavy atom. The van der Waals surface area contributed by atoms with E-state index in [1.165, 1.54) is 12.2 Å². The Morgan fingerprint density at radius 3 is 2.52 bits per heavy atom. The number of hydrogen-bond donors (Lipinski definition) is 1. The predicted octanol–water partition coefficient (Wildman–Crippen LogP) is 7.24. The van der Waals surface area contributed by atoms with Crippen molar-refractivity contribution in [3.05, 3.63) is 57.9 Å². The van der Waals surface area contributed by atoms with Gasteiger partial charge in [-0.2, -0.15) is 0 Å². The maximum atomic E-state index is 15.0. The van der Waals surface area contributed by atoms with Gasteiger partial charge in [-0.3, -0.25) is 0 Å². The van der Waals surface area contributed by atoms with Crippen LogP contribution in [0, 0.1) is 5.92 Å². The average molecular weight is 449 g/mol. The quantitative estimate of drug-likeness (QED) is 0.353. The van der Waals surface area contributed by atoms with E-state index in [1.54, 1.807) is 13.8 Å². The summed E-state index contributed by atoms with van der Waals surface area (Å²) < 4.78 is 27.0. The molecule has 0 saturated carbocycles. The highest BCUT2D eigenvalue weighted by atomic mass is 35.5. The van der Waals surface area contributed by atoms with Gasteiger partial charge in [0.2, 0.25) is 0 Å². The molecule has 0 radical (unpaired) electrons. The van der Waals surface area contributed by atoms with Crippen LogP contribution >= 0.6 is 11.6 Å². The number of aliphatic carboxylic acids is 1. The van der Waals surface area contributed by atoms with Crippen LogP contribution < -0.4 is 9.47 Å². The van der Waals surface area contributed by atoms with Crippen molar-refractivity contribution < 1.29 is 23.8 Å². The summed E-state index contributed by atoms with van der Waals surface area (Å²) >= 11 is 6.73. The molecule has 0 aliphatic carbocycles.